The number of aldehydes is 1. The van der Waals surface area contributed by atoms with Gasteiger partial charge in [-0.2, -0.15) is 0 Å². The Balaban J connectivity index is 0.000000677. The van der Waals surface area contributed by atoms with Crippen LogP contribution in [0.2, 0.25) is 0 Å². The van der Waals surface area contributed by atoms with Crippen molar-refractivity contribution in [2.24, 2.45) is 0 Å². The maximum Gasteiger partial charge on any atom is 0.226 e. The van der Waals surface area contributed by atoms with Crippen LogP contribution in [0.1, 0.15) is 17.3 Å². The first kappa shape index (κ1) is 17.2. The van der Waals surface area contributed by atoms with Crippen molar-refractivity contribution in [3.05, 3.63) is 24.0 Å². The number of carbonyl (C=O) groups excluding carboxylic acids is 1. The van der Waals surface area contributed by atoms with Gasteiger partial charge in [0.2, 0.25) is 5.95 Å². The molecule has 2 aromatic rings. The van der Waals surface area contributed by atoms with E-state index >= 15 is 0 Å². The first-order valence-electron chi connectivity index (χ1n) is 6.32. The summed E-state index contributed by atoms with van der Waals surface area (Å²) in [6, 6.07) is 3.54. The fraction of sp³-hybridized carbons (Fsp3) is 0.357. The molecule has 7 heteroatoms. The van der Waals surface area contributed by atoms with Crippen molar-refractivity contribution in [3.8, 4) is 11.5 Å². The van der Waals surface area contributed by atoms with E-state index in [1.807, 2.05) is 20.4 Å². The predicted molar refractivity (Wildman–Crippen MR) is 84.0 cm³/mol. The minimum absolute atomic E-state index is 0.250. The van der Waals surface area contributed by atoms with Gasteiger partial charge < -0.3 is 14.4 Å². The third kappa shape index (κ3) is 4.30. The number of hydrogen-bond donors (Lipinski definition) is 1. The monoisotopic (exact) mass is 309 g/mol. The number of anilines is 1. The van der Waals surface area contributed by atoms with Gasteiger partial charge in [0.15, 0.2) is 12.0 Å². The highest BCUT2D eigenvalue weighted by Crippen LogP contribution is 2.29. The molecule has 0 aliphatic heterocycles. The molecule has 114 valence electrons. The van der Waals surface area contributed by atoms with Gasteiger partial charge in [0.05, 0.1) is 11.8 Å². The van der Waals surface area contributed by atoms with E-state index < -0.39 is 0 Å². The first-order valence-corrected chi connectivity index (χ1v) is 7.54. The van der Waals surface area contributed by atoms with E-state index in [2.05, 4.69) is 9.97 Å². The molecule has 2 aromatic heterocycles. The van der Waals surface area contributed by atoms with Crippen LogP contribution in [0.25, 0.3) is 11.5 Å². The third-order valence-corrected chi connectivity index (χ3v) is 3.06. The minimum Gasteiger partial charge on any atom is -0.463 e. The van der Waals surface area contributed by atoms with Crippen LogP contribution in [0.5, 0.6) is 0 Å². The van der Waals surface area contributed by atoms with Gasteiger partial charge >= 0.3 is 0 Å². The van der Waals surface area contributed by atoms with Crippen LogP contribution in [0.3, 0.4) is 0 Å². The Labute approximate surface area is 128 Å². The Morgan fingerprint density at radius 3 is 2.52 bits per heavy atom. The summed E-state index contributed by atoms with van der Waals surface area (Å²) < 4.78 is 5.32. The van der Waals surface area contributed by atoms with Crippen LogP contribution in [0.4, 0.5) is 5.95 Å². The number of aliphatic hydroxyl groups excluding tert-OH is 1. The second kappa shape index (κ2) is 8.43. The Hall–Kier alpha value is -1.86. The van der Waals surface area contributed by atoms with E-state index in [9.17, 15) is 4.79 Å². The third-order valence-electron chi connectivity index (χ3n) is 2.36. The maximum atomic E-state index is 11.2. The van der Waals surface area contributed by atoms with E-state index in [4.69, 9.17) is 9.52 Å². The molecule has 0 amide bonds. The molecule has 0 aromatic carbocycles. The summed E-state index contributed by atoms with van der Waals surface area (Å²) in [6.45, 7) is 1.93. The second-order valence-electron chi connectivity index (χ2n) is 4.10. The quantitative estimate of drug-likeness (QED) is 0.527. The van der Waals surface area contributed by atoms with Crippen LogP contribution in [-0.4, -0.2) is 48.3 Å². The van der Waals surface area contributed by atoms with Crippen LogP contribution in [0, 0.1) is 0 Å². The molecule has 0 spiro atoms. The number of rotatable bonds is 4. The zero-order valence-electron chi connectivity index (χ0n) is 12.5. The van der Waals surface area contributed by atoms with Crippen molar-refractivity contribution in [2.45, 2.75) is 11.9 Å². The van der Waals surface area contributed by atoms with E-state index in [-0.39, 0.29) is 6.61 Å². The first-order chi connectivity index (χ1) is 10.1. The standard InChI is InChI=1S/C12H13N3O2S.C2H6O/c1-15(2)12-13-10(9-5-4-6-17-9)8(7-16)11(14-12)18-3;1-2-3/h4-7H,1-3H3;3H,2H2,1H3. The highest BCUT2D eigenvalue weighted by molar-refractivity contribution is 7.98. The zero-order valence-corrected chi connectivity index (χ0v) is 13.3. The van der Waals surface area contributed by atoms with Gasteiger partial charge in [0, 0.05) is 20.7 Å². The SMILES string of the molecule is CCO.CSc1nc(N(C)C)nc(-c2ccco2)c1C=O. The molecule has 1 N–H and O–H groups in total. The van der Waals surface area contributed by atoms with Crippen molar-refractivity contribution in [1.29, 1.82) is 0 Å². The number of thioether (sulfide) groups is 1. The Kier molecular flexibility index (Phi) is 6.90. The van der Waals surface area contributed by atoms with Crippen LogP contribution in [-0.2, 0) is 0 Å². The van der Waals surface area contributed by atoms with Crippen molar-refractivity contribution in [2.75, 3.05) is 31.9 Å². The normalized spacial score (nSPS) is 9.76. The number of hydrogen-bond acceptors (Lipinski definition) is 7. The lowest BCUT2D eigenvalue weighted by Gasteiger charge is -2.14. The summed E-state index contributed by atoms with van der Waals surface area (Å²) in [6.07, 6.45) is 4.20. The number of aromatic nitrogens is 2. The second-order valence-corrected chi connectivity index (χ2v) is 4.90. The molecular weight excluding hydrogens is 290 g/mol. The van der Waals surface area contributed by atoms with Crippen LogP contribution < -0.4 is 4.90 Å². The van der Waals surface area contributed by atoms with E-state index in [1.165, 1.54) is 11.8 Å². The molecule has 0 atom stereocenters. The van der Waals surface area contributed by atoms with Gasteiger partial charge in [-0.25, -0.2) is 9.97 Å². The minimum atomic E-state index is 0.250. The molecule has 0 radical (unpaired) electrons. The van der Waals surface area contributed by atoms with Crippen molar-refractivity contribution in [1.82, 2.24) is 9.97 Å². The summed E-state index contributed by atoms with van der Waals surface area (Å²) in [4.78, 5) is 21.7. The number of furan rings is 1. The largest absolute Gasteiger partial charge is 0.463 e. The van der Waals surface area contributed by atoms with Crippen molar-refractivity contribution >= 4 is 24.0 Å². The fourth-order valence-corrected chi connectivity index (χ4v) is 2.04. The van der Waals surface area contributed by atoms with E-state index in [0.29, 0.717) is 28.0 Å². The smallest absolute Gasteiger partial charge is 0.226 e. The summed E-state index contributed by atoms with van der Waals surface area (Å²) in [5, 5.41) is 8.22. The fourth-order valence-electron chi connectivity index (χ4n) is 1.50. The van der Waals surface area contributed by atoms with Crippen molar-refractivity contribution in [3.63, 3.8) is 0 Å². The average molecular weight is 309 g/mol. The molecule has 0 aliphatic carbocycles. The topological polar surface area (TPSA) is 79.5 Å². The average Bonchev–Trinajstić information content (AvgIpc) is 3.00. The summed E-state index contributed by atoms with van der Waals surface area (Å²) in [5.74, 6) is 1.12. The summed E-state index contributed by atoms with van der Waals surface area (Å²) in [5.41, 5.74) is 0.987. The highest BCUT2D eigenvalue weighted by atomic mass is 32.2. The van der Waals surface area contributed by atoms with Crippen LogP contribution >= 0.6 is 11.8 Å². The summed E-state index contributed by atoms with van der Waals surface area (Å²) in [7, 11) is 3.71. The molecule has 0 saturated carbocycles. The molecule has 0 bridgehead atoms. The highest BCUT2D eigenvalue weighted by Gasteiger charge is 2.17. The number of aliphatic hydroxyl groups is 1. The molecule has 21 heavy (non-hydrogen) atoms. The molecule has 0 unspecified atom stereocenters. The van der Waals surface area contributed by atoms with Gasteiger partial charge in [-0.05, 0) is 25.3 Å². The predicted octanol–water partition coefficient (Wildman–Crippen LogP) is 2.34. The molecular formula is C14H19N3O3S. The molecule has 6 nitrogen and oxygen atoms in total. The lowest BCUT2D eigenvalue weighted by Crippen LogP contribution is -2.14. The Morgan fingerprint density at radius 1 is 1.43 bits per heavy atom. The Bertz CT molecular complexity index is 571. The van der Waals surface area contributed by atoms with E-state index in [1.54, 1.807) is 30.2 Å². The van der Waals surface area contributed by atoms with Gasteiger partial charge in [0.1, 0.15) is 10.7 Å². The van der Waals surface area contributed by atoms with Gasteiger partial charge in [-0.1, -0.05) is 0 Å². The maximum absolute atomic E-state index is 11.2. The summed E-state index contributed by atoms with van der Waals surface area (Å²) >= 11 is 1.41. The van der Waals surface area contributed by atoms with Gasteiger partial charge in [-0.15, -0.1) is 11.8 Å². The molecule has 2 rings (SSSR count). The van der Waals surface area contributed by atoms with Crippen LogP contribution in [0.15, 0.2) is 27.8 Å². The lowest BCUT2D eigenvalue weighted by molar-refractivity contribution is 0.112. The molecule has 2 heterocycles. The lowest BCUT2D eigenvalue weighted by atomic mass is 10.2. The molecule has 0 aliphatic rings. The number of nitrogens with zero attached hydrogens (tertiary/aromatic N) is 3. The zero-order chi connectivity index (χ0) is 15.8. The van der Waals surface area contributed by atoms with E-state index in [0.717, 1.165) is 6.29 Å². The Morgan fingerprint density at radius 2 is 2.10 bits per heavy atom. The van der Waals surface area contributed by atoms with Gasteiger partial charge in [-0.3, -0.25) is 4.79 Å². The van der Waals surface area contributed by atoms with Gasteiger partial charge in [0.25, 0.3) is 0 Å². The molecule has 0 fully saturated rings. The van der Waals surface area contributed by atoms with Crippen molar-refractivity contribution < 1.29 is 14.3 Å². The number of carbonyl (C=O) groups is 1. The molecule has 0 saturated heterocycles.